The molecular formula is C12H12F3NO4. The third-order valence-electron chi connectivity index (χ3n) is 2.37. The van der Waals surface area contributed by atoms with Crippen LogP contribution in [0.15, 0.2) is 24.3 Å². The number of likely N-dealkylation sites (N-methyl/N-ethyl adjacent to an activating group) is 1. The molecule has 8 heteroatoms. The van der Waals surface area contributed by atoms with E-state index in [1.807, 2.05) is 0 Å². The van der Waals surface area contributed by atoms with Gasteiger partial charge in [-0.15, -0.1) is 0 Å². The topological polar surface area (TPSA) is 66.8 Å². The lowest BCUT2D eigenvalue weighted by Gasteiger charge is -2.17. The number of aromatic carboxylic acids is 1. The molecule has 0 atom stereocenters. The molecule has 0 aliphatic heterocycles. The standard InChI is InChI=1S/C12H12F3NO4/c1-16(10(17)6-20-7-12(13,14)15)9-4-2-8(3-5-9)11(18)19/h2-5H,6-7H2,1H3,(H,18,19). The van der Waals surface area contributed by atoms with Gasteiger partial charge in [0.2, 0.25) is 0 Å². The molecular weight excluding hydrogens is 279 g/mol. The number of benzene rings is 1. The van der Waals surface area contributed by atoms with Gasteiger partial charge < -0.3 is 14.7 Å². The van der Waals surface area contributed by atoms with E-state index in [2.05, 4.69) is 4.74 Å². The summed E-state index contributed by atoms with van der Waals surface area (Å²) in [5.74, 6) is -1.78. The van der Waals surface area contributed by atoms with Crippen LogP contribution in [0.3, 0.4) is 0 Å². The van der Waals surface area contributed by atoms with Crippen LogP contribution in [0.25, 0.3) is 0 Å². The van der Waals surface area contributed by atoms with E-state index >= 15 is 0 Å². The molecule has 1 aromatic rings. The summed E-state index contributed by atoms with van der Waals surface area (Å²) >= 11 is 0. The Morgan fingerprint density at radius 3 is 2.25 bits per heavy atom. The number of nitrogens with zero attached hydrogens (tertiary/aromatic N) is 1. The fraction of sp³-hybridized carbons (Fsp3) is 0.333. The average molecular weight is 291 g/mol. The van der Waals surface area contributed by atoms with Crippen LogP contribution < -0.4 is 4.90 Å². The second-order valence-corrected chi connectivity index (χ2v) is 3.91. The first kappa shape index (κ1) is 16.0. The summed E-state index contributed by atoms with van der Waals surface area (Å²) in [5, 5.41) is 8.71. The minimum absolute atomic E-state index is 0.0444. The maximum absolute atomic E-state index is 11.8. The van der Waals surface area contributed by atoms with Crippen molar-refractivity contribution >= 4 is 17.6 Å². The van der Waals surface area contributed by atoms with Crippen molar-refractivity contribution in [1.82, 2.24) is 0 Å². The summed E-state index contributed by atoms with van der Waals surface area (Å²) < 4.78 is 39.8. The lowest BCUT2D eigenvalue weighted by molar-refractivity contribution is -0.175. The lowest BCUT2D eigenvalue weighted by Crippen LogP contribution is -2.31. The summed E-state index contributed by atoms with van der Waals surface area (Å²) in [5.41, 5.74) is 0.401. The van der Waals surface area contributed by atoms with Crippen molar-refractivity contribution in [2.45, 2.75) is 6.18 Å². The number of hydrogen-bond acceptors (Lipinski definition) is 3. The van der Waals surface area contributed by atoms with E-state index in [0.29, 0.717) is 5.69 Å². The Labute approximate surface area is 112 Å². The minimum atomic E-state index is -4.48. The molecule has 1 aromatic carbocycles. The van der Waals surface area contributed by atoms with Gasteiger partial charge in [0.25, 0.3) is 5.91 Å². The van der Waals surface area contributed by atoms with Crippen molar-refractivity contribution in [3.8, 4) is 0 Å². The van der Waals surface area contributed by atoms with E-state index in [4.69, 9.17) is 5.11 Å². The van der Waals surface area contributed by atoms with Gasteiger partial charge in [0, 0.05) is 12.7 Å². The zero-order chi connectivity index (χ0) is 15.3. The van der Waals surface area contributed by atoms with Crippen molar-refractivity contribution in [2.75, 3.05) is 25.2 Å². The quantitative estimate of drug-likeness (QED) is 0.900. The highest BCUT2D eigenvalue weighted by atomic mass is 19.4. The Kier molecular flexibility index (Phi) is 5.09. The first-order valence-corrected chi connectivity index (χ1v) is 5.45. The maximum Gasteiger partial charge on any atom is 0.411 e. The molecule has 0 aliphatic carbocycles. The van der Waals surface area contributed by atoms with E-state index in [-0.39, 0.29) is 5.56 Å². The van der Waals surface area contributed by atoms with Crippen molar-refractivity contribution in [2.24, 2.45) is 0 Å². The summed E-state index contributed by atoms with van der Waals surface area (Å²) in [6.45, 7) is -2.21. The summed E-state index contributed by atoms with van der Waals surface area (Å²) in [6, 6.07) is 5.34. The average Bonchev–Trinajstić information content (AvgIpc) is 2.36. The van der Waals surface area contributed by atoms with Crippen molar-refractivity contribution in [3.05, 3.63) is 29.8 Å². The summed E-state index contributed by atoms with van der Waals surface area (Å²) in [6.07, 6.45) is -4.48. The molecule has 1 amide bonds. The second-order valence-electron chi connectivity index (χ2n) is 3.91. The number of anilines is 1. The monoisotopic (exact) mass is 291 g/mol. The molecule has 0 aliphatic rings. The number of amides is 1. The molecule has 0 saturated carbocycles. The molecule has 0 saturated heterocycles. The minimum Gasteiger partial charge on any atom is -0.478 e. The molecule has 110 valence electrons. The highest BCUT2D eigenvalue weighted by molar-refractivity contribution is 5.94. The number of hydrogen-bond donors (Lipinski definition) is 1. The zero-order valence-corrected chi connectivity index (χ0v) is 10.5. The Morgan fingerprint density at radius 2 is 1.80 bits per heavy atom. The third kappa shape index (κ3) is 4.88. The number of carboxylic acids is 1. The normalized spacial score (nSPS) is 11.2. The molecule has 0 spiro atoms. The molecule has 0 radical (unpaired) electrons. The largest absolute Gasteiger partial charge is 0.478 e. The van der Waals surface area contributed by atoms with Crippen molar-refractivity contribution in [3.63, 3.8) is 0 Å². The third-order valence-corrected chi connectivity index (χ3v) is 2.37. The van der Waals surface area contributed by atoms with Gasteiger partial charge in [-0.05, 0) is 24.3 Å². The number of carbonyl (C=O) groups excluding carboxylic acids is 1. The SMILES string of the molecule is CN(C(=O)COCC(F)(F)F)c1ccc(C(=O)O)cc1. The molecule has 0 heterocycles. The van der Waals surface area contributed by atoms with Gasteiger partial charge in [0.05, 0.1) is 5.56 Å². The molecule has 0 bridgehead atoms. The number of halogens is 3. The van der Waals surface area contributed by atoms with Gasteiger partial charge in [-0.2, -0.15) is 13.2 Å². The number of rotatable bonds is 5. The highest BCUT2D eigenvalue weighted by Crippen LogP contribution is 2.16. The molecule has 5 nitrogen and oxygen atoms in total. The number of carboxylic acid groups (broad SMARTS) is 1. The van der Waals surface area contributed by atoms with Gasteiger partial charge in [0.15, 0.2) is 0 Å². The Balaban J connectivity index is 2.58. The highest BCUT2D eigenvalue weighted by Gasteiger charge is 2.28. The predicted octanol–water partition coefficient (Wildman–Crippen LogP) is 1.93. The fourth-order valence-corrected chi connectivity index (χ4v) is 1.32. The van der Waals surface area contributed by atoms with Gasteiger partial charge in [0.1, 0.15) is 13.2 Å². The van der Waals surface area contributed by atoms with E-state index in [0.717, 1.165) is 4.90 Å². The maximum atomic E-state index is 11.8. The molecule has 1 N–H and O–H groups in total. The Hall–Kier alpha value is -2.09. The predicted molar refractivity (Wildman–Crippen MR) is 63.7 cm³/mol. The summed E-state index contributed by atoms with van der Waals surface area (Å²) in [7, 11) is 1.36. The first-order valence-electron chi connectivity index (χ1n) is 5.45. The Bertz CT molecular complexity index is 484. The molecule has 20 heavy (non-hydrogen) atoms. The van der Waals surface area contributed by atoms with Crippen LogP contribution in [0, 0.1) is 0 Å². The summed E-state index contributed by atoms with van der Waals surface area (Å²) in [4.78, 5) is 23.3. The second kappa shape index (κ2) is 6.38. The van der Waals surface area contributed by atoms with Gasteiger partial charge in [-0.1, -0.05) is 0 Å². The van der Waals surface area contributed by atoms with Gasteiger partial charge >= 0.3 is 12.1 Å². The smallest absolute Gasteiger partial charge is 0.411 e. The lowest BCUT2D eigenvalue weighted by atomic mass is 10.2. The molecule has 0 unspecified atom stereocenters. The van der Waals surface area contributed by atoms with E-state index in [9.17, 15) is 22.8 Å². The van der Waals surface area contributed by atoms with Crippen LogP contribution in [-0.2, 0) is 9.53 Å². The first-order chi connectivity index (χ1) is 9.20. The van der Waals surface area contributed by atoms with Crippen LogP contribution in [0.2, 0.25) is 0 Å². The van der Waals surface area contributed by atoms with Crippen molar-refractivity contribution < 1.29 is 32.6 Å². The van der Waals surface area contributed by atoms with Gasteiger partial charge in [-0.25, -0.2) is 4.79 Å². The van der Waals surface area contributed by atoms with E-state index in [1.165, 1.54) is 31.3 Å². The molecule has 0 fully saturated rings. The number of alkyl halides is 3. The number of carbonyl (C=O) groups is 2. The van der Waals surface area contributed by atoms with E-state index in [1.54, 1.807) is 0 Å². The number of ether oxygens (including phenoxy) is 1. The van der Waals surface area contributed by atoms with Crippen LogP contribution in [0.1, 0.15) is 10.4 Å². The van der Waals surface area contributed by atoms with Crippen LogP contribution >= 0.6 is 0 Å². The fourth-order valence-electron chi connectivity index (χ4n) is 1.32. The zero-order valence-electron chi connectivity index (χ0n) is 10.5. The van der Waals surface area contributed by atoms with Crippen LogP contribution in [0.5, 0.6) is 0 Å². The Morgan fingerprint density at radius 1 is 1.25 bits per heavy atom. The van der Waals surface area contributed by atoms with Crippen molar-refractivity contribution in [1.29, 1.82) is 0 Å². The van der Waals surface area contributed by atoms with Gasteiger partial charge in [-0.3, -0.25) is 4.79 Å². The van der Waals surface area contributed by atoms with Crippen LogP contribution in [-0.4, -0.2) is 43.4 Å². The van der Waals surface area contributed by atoms with E-state index < -0.39 is 31.3 Å². The van der Waals surface area contributed by atoms with Crippen LogP contribution in [0.4, 0.5) is 18.9 Å². The molecule has 1 rings (SSSR count). The molecule has 0 aromatic heterocycles.